The standard InChI is InChI=1S/C6H6O.H2O.O.Sn/c7-6-4-2-1-3-5-6;;;/h1-5,7H;1H2;;/q;;;+2/p-2. The molecule has 0 saturated heterocycles. The van der Waals surface area contributed by atoms with E-state index < -0.39 is 20.6 Å². The fourth-order valence-electron chi connectivity index (χ4n) is 0.589. The predicted octanol–water partition coefficient (Wildman–Crippen LogP) is 0.473. The van der Waals surface area contributed by atoms with E-state index in [1.54, 1.807) is 24.3 Å². The fraction of sp³-hybridized carbons (Fsp3) is 0. The zero-order chi connectivity index (χ0) is 7.40. The van der Waals surface area contributed by atoms with E-state index in [1.165, 1.54) is 0 Å². The van der Waals surface area contributed by atoms with Crippen LogP contribution in [0.2, 0.25) is 0 Å². The molecule has 0 spiro atoms. The molecule has 0 amide bonds. The third-order valence-corrected chi connectivity index (χ3v) is 2.12. The normalized spacial score (nSPS) is 8.90. The number of rotatable bonds is 2. The zero-order valence-electron chi connectivity index (χ0n) is 5.15. The molecule has 4 heteroatoms. The first kappa shape index (κ1) is 7.68. The van der Waals surface area contributed by atoms with E-state index in [1.807, 2.05) is 6.07 Å². The van der Waals surface area contributed by atoms with Gasteiger partial charge in [-0.3, -0.25) is 0 Å². The van der Waals surface area contributed by atoms with Crippen molar-refractivity contribution in [1.29, 1.82) is 0 Å². The van der Waals surface area contributed by atoms with Crippen molar-refractivity contribution in [3.8, 4) is 5.75 Å². The first-order valence-electron chi connectivity index (χ1n) is 2.75. The molecule has 0 radical (unpaired) electrons. The topological polar surface area (TPSA) is 46.5 Å². The van der Waals surface area contributed by atoms with E-state index in [9.17, 15) is 3.08 Å². The molecule has 10 heavy (non-hydrogen) atoms. The first-order valence-corrected chi connectivity index (χ1v) is 6.35. The molecule has 1 rings (SSSR count). The van der Waals surface area contributed by atoms with Crippen LogP contribution >= 0.6 is 0 Å². The third-order valence-electron chi connectivity index (χ3n) is 0.948. The van der Waals surface area contributed by atoms with E-state index in [2.05, 4.69) is 3.07 Å². The Morgan fingerprint density at radius 1 is 1.30 bits per heavy atom. The van der Waals surface area contributed by atoms with Gasteiger partial charge in [0, 0.05) is 0 Å². The van der Waals surface area contributed by atoms with Gasteiger partial charge in [0.15, 0.2) is 0 Å². The van der Waals surface area contributed by atoms with Crippen molar-refractivity contribution < 1.29 is 9.59 Å². The number of hydrogen-bond donors (Lipinski definition) is 1. The SMILES string of the molecule is [O]=[Sn]([OH])[O]c1ccccc1. The van der Waals surface area contributed by atoms with Crippen molar-refractivity contribution in [1.82, 2.24) is 0 Å². The monoisotopic (exact) mass is 246 g/mol. The Morgan fingerprint density at radius 2 is 1.90 bits per heavy atom. The quantitative estimate of drug-likeness (QED) is 0.770. The average Bonchev–Trinajstić information content (AvgIpc) is 1.88. The van der Waals surface area contributed by atoms with Crippen LogP contribution in [0.25, 0.3) is 0 Å². The van der Waals surface area contributed by atoms with Gasteiger partial charge in [0.1, 0.15) is 0 Å². The Balaban J connectivity index is 2.67. The van der Waals surface area contributed by atoms with Gasteiger partial charge in [0.2, 0.25) is 0 Å². The van der Waals surface area contributed by atoms with Crippen LogP contribution in [0.5, 0.6) is 5.75 Å². The number of hydrogen-bond acceptors (Lipinski definition) is 2. The van der Waals surface area contributed by atoms with Crippen molar-refractivity contribution >= 4 is 20.6 Å². The summed E-state index contributed by atoms with van der Waals surface area (Å²) in [5.41, 5.74) is 0. The molecule has 3 nitrogen and oxygen atoms in total. The summed E-state index contributed by atoms with van der Waals surface area (Å²) in [5, 5.41) is 0. The molecular weight excluding hydrogens is 239 g/mol. The molecule has 1 aromatic rings. The molecule has 1 aromatic carbocycles. The Hall–Kier alpha value is -0.421. The second kappa shape index (κ2) is 3.68. The molecule has 0 aromatic heterocycles. The number of para-hydroxylation sites is 1. The van der Waals surface area contributed by atoms with Crippen molar-refractivity contribution in [2.75, 3.05) is 0 Å². The molecule has 1 N–H and O–H groups in total. The molecule has 52 valence electrons. The molecule has 0 aliphatic carbocycles. The predicted molar refractivity (Wildman–Crippen MR) is 35.7 cm³/mol. The molecular formula is C6H6O3Sn. The fourth-order valence-corrected chi connectivity index (χ4v) is 1.55. The van der Waals surface area contributed by atoms with Crippen molar-refractivity contribution in [3.63, 3.8) is 0 Å². The van der Waals surface area contributed by atoms with Gasteiger partial charge < -0.3 is 0 Å². The summed E-state index contributed by atoms with van der Waals surface area (Å²) in [6, 6.07) is 8.62. The van der Waals surface area contributed by atoms with Crippen LogP contribution in [0.4, 0.5) is 0 Å². The molecule has 0 atom stereocenters. The summed E-state index contributed by atoms with van der Waals surface area (Å²) in [7, 11) is 0. The van der Waals surface area contributed by atoms with E-state index in [0.29, 0.717) is 5.75 Å². The first-order chi connectivity index (χ1) is 4.79. The van der Waals surface area contributed by atoms with Crippen LogP contribution in [0.1, 0.15) is 0 Å². The maximum atomic E-state index is 10.2. The van der Waals surface area contributed by atoms with Gasteiger partial charge in [-0.15, -0.1) is 0 Å². The van der Waals surface area contributed by atoms with Gasteiger partial charge in [-0.1, -0.05) is 0 Å². The van der Waals surface area contributed by atoms with E-state index in [0.717, 1.165) is 0 Å². The Labute approximate surface area is 66.5 Å². The van der Waals surface area contributed by atoms with Gasteiger partial charge >= 0.3 is 66.3 Å². The molecule has 0 bridgehead atoms. The summed E-state index contributed by atoms with van der Waals surface area (Å²) < 4.78 is 23.3. The summed E-state index contributed by atoms with van der Waals surface area (Å²) >= 11 is -3.63. The molecule has 0 fully saturated rings. The maximum absolute atomic E-state index is 10.2. The Bertz CT molecular complexity index is 222. The summed E-state index contributed by atoms with van der Waals surface area (Å²) in [5.74, 6) is 0.467. The minimum atomic E-state index is -3.63. The molecule has 0 aliphatic heterocycles. The molecule has 0 heterocycles. The third kappa shape index (κ3) is 2.45. The summed E-state index contributed by atoms with van der Waals surface area (Å²) in [6.45, 7) is 0. The van der Waals surface area contributed by atoms with Crippen LogP contribution in [-0.4, -0.2) is 24.0 Å². The Kier molecular flexibility index (Phi) is 2.82. The van der Waals surface area contributed by atoms with Crippen molar-refractivity contribution in [3.05, 3.63) is 30.3 Å². The van der Waals surface area contributed by atoms with Crippen LogP contribution < -0.4 is 3.07 Å². The molecule has 0 saturated carbocycles. The van der Waals surface area contributed by atoms with Gasteiger partial charge in [0.25, 0.3) is 0 Å². The Morgan fingerprint density at radius 3 is 2.40 bits per heavy atom. The second-order valence-corrected chi connectivity index (χ2v) is 3.78. The van der Waals surface area contributed by atoms with Gasteiger partial charge in [0.05, 0.1) is 0 Å². The van der Waals surface area contributed by atoms with E-state index >= 15 is 0 Å². The van der Waals surface area contributed by atoms with Gasteiger partial charge in [-0.05, 0) is 0 Å². The van der Waals surface area contributed by atoms with Crippen molar-refractivity contribution in [2.45, 2.75) is 0 Å². The summed E-state index contributed by atoms with van der Waals surface area (Å²) in [4.78, 5) is 0. The minimum absolute atomic E-state index is 0.467. The van der Waals surface area contributed by atoms with Gasteiger partial charge in [-0.25, -0.2) is 0 Å². The van der Waals surface area contributed by atoms with Crippen molar-refractivity contribution in [2.24, 2.45) is 0 Å². The van der Waals surface area contributed by atoms with Gasteiger partial charge in [-0.2, -0.15) is 0 Å². The average molecular weight is 245 g/mol. The number of benzene rings is 1. The molecule has 0 unspecified atom stereocenters. The zero-order valence-corrected chi connectivity index (χ0v) is 8.00. The molecule has 0 aliphatic rings. The van der Waals surface area contributed by atoms with Crippen LogP contribution in [-0.2, 0) is 3.08 Å². The van der Waals surface area contributed by atoms with Crippen LogP contribution in [0.15, 0.2) is 30.3 Å². The van der Waals surface area contributed by atoms with Crippen LogP contribution in [0, 0.1) is 0 Å². The second-order valence-electron chi connectivity index (χ2n) is 1.68. The van der Waals surface area contributed by atoms with Crippen LogP contribution in [0.3, 0.4) is 0 Å². The van der Waals surface area contributed by atoms with E-state index in [4.69, 9.17) is 3.44 Å². The van der Waals surface area contributed by atoms with E-state index in [-0.39, 0.29) is 0 Å². The summed E-state index contributed by atoms with van der Waals surface area (Å²) in [6.07, 6.45) is 0.